The molecule has 0 saturated heterocycles. The van der Waals surface area contributed by atoms with Crippen molar-refractivity contribution < 1.29 is 24.3 Å². The lowest BCUT2D eigenvalue weighted by atomic mass is 9.89. The lowest BCUT2D eigenvalue weighted by Gasteiger charge is -2.23. The molecule has 0 heterocycles. The Hall–Kier alpha value is -2.52. The largest absolute Gasteiger partial charge is 0.480 e. The van der Waals surface area contributed by atoms with E-state index in [4.69, 9.17) is 28.3 Å². The van der Waals surface area contributed by atoms with E-state index in [2.05, 4.69) is 15.6 Å². The second-order valence-electron chi connectivity index (χ2n) is 10.1. The number of thioether (sulfide) groups is 2. The summed E-state index contributed by atoms with van der Waals surface area (Å²) in [5.74, 6) is -1.49. The summed E-state index contributed by atoms with van der Waals surface area (Å²) >= 11 is 2.87. The molecule has 0 aromatic rings. The van der Waals surface area contributed by atoms with Gasteiger partial charge in [0.25, 0.3) is 0 Å². The van der Waals surface area contributed by atoms with Crippen molar-refractivity contribution >= 4 is 58.9 Å². The van der Waals surface area contributed by atoms with Crippen molar-refractivity contribution in [1.29, 1.82) is 5.41 Å². The molecule has 0 aliphatic heterocycles. The van der Waals surface area contributed by atoms with Gasteiger partial charge in [-0.3, -0.25) is 24.8 Å². The van der Waals surface area contributed by atoms with Crippen LogP contribution in [0.1, 0.15) is 65.7 Å². The van der Waals surface area contributed by atoms with Crippen LogP contribution in [0.4, 0.5) is 0 Å². The molecule has 3 atom stereocenters. The molecule has 0 aliphatic carbocycles. The lowest BCUT2D eigenvalue weighted by molar-refractivity contribution is -0.141. The van der Waals surface area contributed by atoms with Crippen LogP contribution >= 0.6 is 23.5 Å². The van der Waals surface area contributed by atoms with Crippen LogP contribution < -0.4 is 33.6 Å². The first-order chi connectivity index (χ1) is 18.1. The van der Waals surface area contributed by atoms with Gasteiger partial charge in [0.2, 0.25) is 11.8 Å². The number of hydrogen-bond acceptors (Lipinski definition) is 9. The summed E-state index contributed by atoms with van der Waals surface area (Å²) in [6, 6.07) is -3.07. The fourth-order valence-electron chi connectivity index (χ4n) is 3.13. The van der Waals surface area contributed by atoms with E-state index in [0.717, 1.165) is 0 Å². The zero-order valence-corrected chi connectivity index (χ0v) is 24.8. The van der Waals surface area contributed by atoms with Crippen LogP contribution in [0.5, 0.6) is 0 Å². The number of nitrogens with one attached hydrogen (secondary N) is 3. The molecule has 12 N–H and O–H groups in total. The first-order valence-electron chi connectivity index (χ1n) is 12.8. The highest BCUT2D eigenvalue weighted by atomic mass is 32.2. The first-order valence-corrected chi connectivity index (χ1v) is 15.1. The van der Waals surface area contributed by atoms with E-state index in [0.29, 0.717) is 49.5 Å². The van der Waals surface area contributed by atoms with E-state index in [1.807, 2.05) is 20.8 Å². The summed E-state index contributed by atoms with van der Waals surface area (Å²) in [6.07, 6.45) is 2.77. The highest BCUT2D eigenvalue weighted by Gasteiger charge is 2.28. The number of ketones is 1. The number of nitrogens with two attached hydrogens (primary N) is 4. The van der Waals surface area contributed by atoms with Gasteiger partial charge in [0, 0.05) is 41.4 Å². The van der Waals surface area contributed by atoms with Gasteiger partial charge >= 0.3 is 5.97 Å². The summed E-state index contributed by atoms with van der Waals surface area (Å²) < 4.78 is 0. The minimum atomic E-state index is -1.19. The molecule has 0 spiro atoms. The summed E-state index contributed by atoms with van der Waals surface area (Å²) in [6.45, 7) is 5.92. The summed E-state index contributed by atoms with van der Waals surface area (Å²) in [5.41, 5.74) is 21.5. The predicted molar refractivity (Wildman–Crippen MR) is 159 cm³/mol. The molecule has 2 amide bonds. The number of carbonyl (C=O) groups excluding carboxylic acids is 3. The normalized spacial score (nSPS) is 13.5. The standard InChI is InChI=1S/C24H46N8O5S2/c1-24(2,3)18(33)10-12-38-14-39-13-17(22(36)37)32-21(35)16(8-4-5-9-19(26)27)31-20(34)15(25)7-6-11-30-23(28)29/h15-17H,4-14,25H2,1-3H3,(H3,26,27)(H,31,34)(H,32,35)(H,36,37)(H4,28,29,30)/t15-,16-,17-/m0/s1. The van der Waals surface area contributed by atoms with Gasteiger partial charge in [0.15, 0.2) is 5.96 Å². The third kappa shape index (κ3) is 18.4. The van der Waals surface area contributed by atoms with Crippen LogP contribution in [-0.2, 0) is 19.2 Å². The van der Waals surface area contributed by atoms with Crippen LogP contribution in [0.15, 0.2) is 4.99 Å². The SMILES string of the molecule is CC(C)(C)C(=O)CCSCSC[C@H](NC(=O)[C@H](CCCCC(=N)N)NC(=O)[C@@H](N)CCCN=C(N)N)C(=O)O. The lowest BCUT2D eigenvalue weighted by Crippen LogP contribution is -2.55. The van der Waals surface area contributed by atoms with Crippen molar-refractivity contribution in [2.24, 2.45) is 33.3 Å². The van der Waals surface area contributed by atoms with E-state index in [9.17, 15) is 24.3 Å². The predicted octanol–water partition coefficient (Wildman–Crippen LogP) is 0.347. The summed E-state index contributed by atoms with van der Waals surface area (Å²) in [7, 11) is 0. The number of amidine groups is 1. The van der Waals surface area contributed by atoms with E-state index in [-0.39, 0.29) is 41.6 Å². The monoisotopic (exact) mass is 590 g/mol. The number of hydrogen-bond donors (Lipinski definition) is 8. The molecule has 0 aromatic heterocycles. The van der Waals surface area contributed by atoms with Crippen molar-refractivity contribution in [1.82, 2.24) is 10.6 Å². The molecule has 0 aromatic carbocycles. The maximum absolute atomic E-state index is 13.0. The number of aliphatic imine (C=N–C) groups is 1. The van der Waals surface area contributed by atoms with Crippen LogP contribution in [0.25, 0.3) is 0 Å². The highest BCUT2D eigenvalue weighted by molar-refractivity contribution is 8.16. The highest BCUT2D eigenvalue weighted by Crippen LogP contribution is 2.20. The molecule has 15 heteroatoms. The Kier molecular flexibility index (Phi) is 18.3. The Bertz CT molecular complexity index is 847. The topological polar surface area (TPSA) is 253 Å². The van der Waals surface area contributed by atoms with E-state index < -0.39 is 35.9 Å². The second-order valence-corrected chi connectivity index (χ2v) is 12.6. The Morgan fingerprint density at radius 2 is 1.56 bits per heavy atom. The third-order valence-corrected chi connectivity index (χ3v) is 7.90. The molecular weight excluding hydrogens is 544 g/mol. The smallest absolute Gasteiger partial charge is 0.327 e. The molecular formula is C24H46N8O5S2. The number of carboxylic acids is 1. The Morgan fingerprint density at radius 1 is 0.923 bits per heavy atom. The molecule has 0 saturated carbocycles. The number of carboxylic acid groups (broad SMARTS) is 1. The van der Waals surface area contributed by atoms with Gasteiger partial charge in [-0.1, -0.05) is 27.2 Å². The van der Waals surface area contributed by atoms with Crippen molar-refractivity contribution in [3.05, 3.63) is 0 Å². The Balaban J connectivity index is 4.95. The van der Waals surface area contributed by atoms with Crippen LogP contribution in [0.2, 0.25) is 0 Å². The second kappa shape index (κ2) is 19.5. The van der Waals surface area contributed by atoms with Crippen LogP contribution in [0.3, 0.4) is 0 Å². The molecule has 0 rings (SSSR count). The van der Waals surface area contributed by atoms with E-state index in [1.165, 1.54) is 23.5 Å². The molecule has 0 fully saturated rings. The van der Waals surface area contributed by atoms with E-state index >= 15 is 0 Å². The number of carbonyl (C=O) groups is 4. The average Bonchev–Trinajstić information content (AvgIpc) is 2.83. The number of aliphatic carboxylic acids is 1. The molecule has 0 bridgehead atoms. The fourth-order valence-corrected chi connectivity index (χ4v) is 5.25. The summed E-state index contributed by atoms with van der Waals surface area (Å²) in [5, 5.41) is 22.7. The molecule has 224 valence electrons. The molecule has 13 nitrogen and oxygen atoms in total. The van der Waals surface area contributed by atoms with Crippen molar-refractivity contribution in [3.8, 4) is 0 Å². The van der Waals surface area contributed by atoms with Gasteiger partial charge in [-0.2, -0.15) is 11.8 Å². The van der Waals surface area contributed by atoms with Gasteiger partial charge in [-0.25, -0.2) is 4.79 Å². The van der Waals surface area contributed by atoms with Crippen LogP contribution in [0, 0.1) is 10.8 Å². The van der Waals surface area contributed by atoms with Gasteiger partial charge in [0.1, 0.15) is 17.9 Å². The minimum absolute atomic E-state index is 0.0199. The number of nitrogens with zero attached hydrogens (tertiary/aromatic N) is 1. The van der Waals surface area contributed by atoms with Crippen LogP contribution in [-0.4, -0.2) is 81.7 Å². The molecule has 39 heavy (non-hydrogen) atoms. The molecule has 0 radical (unpaired) electrons. The Morgan fingerprint density at radius 3 is 2.13 bits per heavy atom. The quantitative estimate of drug-likeness (QED) is 0.0391. The first kappa shape index (κ1) is 36.5. The minimum Gasteiger partial charge on any atom is -0.480 e. The Labute approximate surface area is 239 Å². The average molecular weight is 591 g/mol. The maximum atomic E-state index is 13.0. The molecule has 0 aliphatic rings. The number of amides is 2. The number of Topliss-reactive ketones (excluding diaryl/α,β-unsaturated/α-hetero) is 1. The number of unbranched alkanes of at least 4 members (excludes halogenated alkanes) is 1. The third-order valence-electron chi connectivity index (χ3n) is 5.50. The number of guanidine groups is 1. The summed E-state index contributed by atoms with van der Waals surface area (Å²) in [4.78, 5) is 53.2. The van der Waals surface area contributed by atoms with Crippen molar-refractivity contribution in [2.75, 3.05) is 23.1 Å². The van der Waals surface area contributed by atoms with Gasteiger partial charge in [-0.15, -0.1) is 11.8 Å². The van der Waals surface area contributed by atoms with Crippen molar-refractivity contribution in [3.63, 3.8) is 0 Å². The number of rotatable bonds is 21. The molecule has 0 unspecified atom stereocenters. The maximum Gasteiger partial charge on any atom is 0.327 e. The van der Waals surface area contributed by atoms with Crippen molar-refractivity contribution in [2.45, 2.75) is 83.8 Å². The fraction of sp³-hybridized carbons (Fsp3) is 0.750. The van der Waals surface area contributed by atoms with Gasteiger partial charge < -0.3 is 38.7 Å². The zero-order valence-electron chi connectivity index (χ0n) is 23.2. The van der Waals surface area contributed by atoms with Gasteiger partial charge in [0.05, 0.1) is 11.9 Å². The zero-order chi connectivity index (χ0) is 30.0. The van der Waals surface area contributed by atoms with Gasteiger partial charge in [-0.05, 0) is 25.7 Å². The van der Waals surface area contributed by atoms with E-state index in [1.54, 1.807) is 0 Å².